The molecule has 7 amide bonds. The van der Waals surface area contributed by atoms with Gasteiger partial charge in [0.1, 0.15) is 29.9 Å². The van der Waals surface area contributed by atoms with Crippen molar-refractivity contribution in [3.05, 3.63) is 29.8 Å². The Kier molecular flexibility index (Phi) is 13.5. The van der Waals surface area contributed by atoms with Crippen LogP contribution in [0.2, 0.25) is 0 Å². The zero-order valence-corrected chi connectivity index (χ0v) is 24.8. The summed E-state index contributed by atoms with van der Waals surface area (Å²) in [6.07, 6.45) is 0.494. The highest BCUT2D eigenvalue weighted by Crippen LogP contribution is 2.20. The number of nitrogens with one attached hydrogen (secondary N) is 4. The van der Waals surface area contributed by atoms with E-state index in [9.17, 15) is 38.7 Å². The number of nitrogens with zero attached hydrogens (tertiary/aromatic N) is 1. The fourth-order valence-corrected chi connectivity index (χ4v) is 4.73. The lowest BCUT2D eigenvalue weighted by atomic mass is 10.0. The van der Waals surface area contributed by atoms with Crippen molar-refractivity contribution >= 4 is 41.4 Å². The van der Waals surface area contributed by atoms with E-state index in [1.807, 2.05) is 0 Å². The van der Waals surface area contributed by atoms with Gasteiger partial charge in [-0.15, -0.1) is 0 Å². The minimum Gasteiger partial charge on any atom is -0.508 e. The number of benzene rings is 1. The fourth-order valence-electron chi connectivity index (χ4n) is 4.73. The largest absolute Gasteiger partial charge is 0.508 e. The number of nitrogens with two attached hydrogens (primary N) is 3. The van der Waals surface area contributed by atoms with Gasteiger partial charge >= 0.3 is 0 Å². The van der Waals surface area contributed by atoms with Crippen LogP contribution in [0.3, 0.4) is 0 Å². The van der Waals surface area contributed by atoms with E-state index in [1.165, 1.54) is 17.0 Å². The van der Waals surface area contributed by atoms with Gasteiger partial charge in [-0.1, -0.05) is 26.0 Å². The first-order valence-corrected chi connectivity index (χ1v) is 14.3. The first-order chi connectivity index (χ1) is 20.7. The highest BCUT2D eigenvalue weighted by atomic mass is 16.3. The molecule has 1 saturated heterocycles. The van der Waals surface area contributed by atoms with E-state index < -0.39 is 72.1 Å². The predicted octanol–water partition coefficient (Wildman–Crippen LogP) is -3.14. The SMILES string of the molecule is CC(C)[C@H](NC(=O)[C@H](CCC(N)=O)NC(=O)CNC(=O)[C@@H]1CCCN1C(=O)[C@H](Cc1ccc(O)cc1)NC(=O)CN)C(N)=O. The average Bonchev–Trinajstić information content (AvgIpc) is 3.46. The Balaban J connectivity index is 2.07. The minimum atomic E-state index is -1.25. The smallest absolute Gasteiger partial charge is 0.246 e. The van der Waals surface area contributed by atoms with Crippen LogP contribution >= 0.6 is 0 Å². The number of hydrogen-bond acceptors (Lipinski definition) is 9. The third-order valence-corrected chi connectivity index (χ3v) is 7.06. The summed E-state index contributed by atoms with van der Waals surface area (Å²) in [4.78, 5) is 88.5. The molecule has 1 aliphatic heterocycles. The molecule has 0 aliphatic carbocycles. The van der Waals surface area contributed by atoms with E-state index in [2.05, 4.69) is 21.3 Å². The molecule has 0 radical (unpaired) electrons. The first-order valence-electron chi connectivity index (χ1n) is 14.3. The van der Waals surface area contributed by atoms with Crippen molar-refractivity contribution in [3.63, 3.8) is 0 Å². The maximum Gasteiger partial charge on any atom is 0.246 e. The molecule has 1 fully saturated rings. The molecule has 11 N–H and O–H groups in total. The predicted molar refractivity (Wildman–Crippen MR) is 157 cm³/mol. The van der Waals surface area contributed by atoms with Crippen LogP contribution in [0.4, 0.5) is 0 Å². The maximum atomic E-state index is 13.5. The minimum absolute atomic E-state index is 0.0353. The highest BCUT2D eigenvalue weighted by molar-refractivity contribution is 5.95. The summed E-state index contributed by atoms with van der Waals surface area (Å²) in [6.45, 7) is 2.67. The lowest BCUT2D eigenvalue weighted by Gasteiger charge is -2.29. The van der Waals surface area contributed by atoms with Crippen molar-refractivity contribution in [3.8, 4) is 5.75 Å². The Labute approximate surface area is 254 Å². The Hall–Kier alpha value is -4.73. The van der Waals surface area contributed by atoms with E-state index in [1.54, 1.807) is 26.0 Å². The molecule has 44 heavy (non-hydrogen) atoms. The number of aromatic hydroxyl groups is 1. The van der Waals surface area contributed by atoms with Crippen molar-refractivity contribution in [2.24, 2.45) is 23.1 Å². The van der Waals surface area contributed by atoms with Crippen molar-refractivity contribution < 1.29 is 38.7 Å². The number of carbonyl (C=O) groups is 7. The van der Waals surface area contributed by atoms with Gasteiger partial charge in [-0.2, -0.15) is 0 Å². The molecule has 1 aromatic rings. The topological polar surface area (TPSA) is 269 Å². The van der Waals surface area contributed by atoms with Gasteiger partial charge in [-0.05, 0) is 42.9 Å². The molecule has 242 valence electrons. The van der Waals surface area contributed by atoms with Gasteiger partial charge in [0.25, 0.3) is 0 Å². The van der Waals surface area contributed by atoms with Gasteiger partial charge in [0, 0.05) is 19.4 Å². The molecule has 0 aromatic heterocycles. The molecule has 4 atom stereocenters. The number of carbonyl (C=O) groups excluding carboxylic acids is 7. The van der Waals surface area contributed by atoms with Gasteiger partial charge in [0.15, 0.2) is 0 Å². The van der Waals surface area contributed by atoms with Crippen LogP contribution in [-0.4, -0.2) is 95.2 Å². The molecule has 0 unspecified atom stereocenters. The van der Waals surface area contributed by atoms with Crippen LogP contribution in [0.15, 0.2) is 24.3 Å². The van der Waals surface area contributed by atoms with E-state index >= 15 is 0 Å². The summed E-state index contributed by atoms with van der Waals surface area (Å²) in [5.74, 6) is -5.01. The van der Waals surface area contributed by atoms with Crippen LogP contribution in [0, 0.1) is 5.92 Å². The molecular weight excluding hydrogens is 576 g/mol. The lowest BCUT2D eigenvalue weighted by molar-refractivity contribution is -0.141. The highest BCUT2D eigenvalue weighted by Gasteiger charge is 2.38. The number of likely N-dealkylation sites (tertiary alicyclic amines) is 1. The number of amides is 7. The zero-order valence-electron chi connectivity index (χ0n) is 24.8. The average molecular weight is 619 g/mol. The van der Waals surface area contributed by atoms with Gasteiger partial charge in [0.2, 0.25) is 41.4 Å². The summed E-state index contributed by atoms with van der Waals surface area (Å²) in [5, 5.41) is 19.5. The van der Waals surface area contributed by atoms with Gasteiger partial charge in [-0.25, -0.2) is 0 Å². The first kappa shape index (κ1) is 35.5. The molecule has 0 bridgehead atoms. The Morgan fingerprint density at radius 1 is 0.955 bits per heavy atom. The van der Waals surface area contributed by atoms with Crippen LogP contribution in [0.25, 0.3) is 0 Å². The summed E-state index contributed by atoms with van der Waals surface area (Å²) in [6, 6.07) is 1.87. The van der Waals surface area contributed by atoms with Crippen LogP contribution in [0.5, 0.6) is 5.75 Å². The number of phenolic OH excluding ortho intramolecular Hbond substituents is 1. The molecule has 0 saturated carbocycles. The number of primary amides is 2. The molecule has 16 nitrogen and oxygen atoms in total. The Bertz CT molecular complexity index is 1220. The van der Waals surface area contributed by atoms with E-state index in [0.717, 1.165) is 0 Å². The lowest BCUT2D eigenvalue weighted by Crippen LogP contribution is -2.57. The van der Waals surface area contributed by atoms with E-state index in [0.29, 0.717) is 18.4 Å². The Morgan fingerprint density at radius 2 is 1.59 bits per heavy atom. The second-order valence-corrected chi connectivity index (χ2v) is 10.9. The monoisotopic (exact) mass is 618 g/mol. The summed E-state index contributed by atoms with van der Waals surface area (Å²) < 4.78 is 0. The second-order valence-electron chi connectivity index (χ2n) is 10.9. The normalized spacial score (nSPS) is 16.4. The van der Waals surface area contributed by atoms with Crippen molar-refractivity contribution in [1.29, 1.82) is 0 Å². The zero-order chi connectivity index (χ0) is 33.0. The fraction of sp³-hybridized carbons (Fsp3) is 0.536. The van der Waals surface area contributed by atoms with Gasteiger partial charge < -0.3 is 48.5 Å². The van der Waals surface area contributed by atoms with E-state index in [4.69, 9.17) is 17.2 Å². The van der Waals surface area contributed by atoms with Crippen LogP contribution in [-0.2, 0) is 40.0 Å². The molecule has 2 rings (SSSR count). The summed E-state index contributed by atoms with van der Waals surface area (Å²) in [5.41, 5.74) is 16.6. The molecule has 1 aliphatic rings. The maximum absolute atomic E-state index is 13.5. The van der Waals surface area contributed by atoms with E-state index in [-0.39, 0.29) is 44.0 Å². The second kappa shape index (κ2) is 16.8. The third-order valence-electron chi connectivity index (χ3n) is 7.06. The molecular formula is C28H42N8O8. The number of hydrogen-bond donors (Lipinski definition) is 8. The van der Waals surface area contributed by atoms with Crippen molar-refractivity contribution in [1.82, 2.24) is 26.2 Å². The molecule has 16 heteroatoms. The quantitative estimate of drug-likeness (QED) is 0.0928. The van der Waals surface area contributed by atoms with Crippen LogP contribution < -0.4 is 38.5 Å². The van der Waals surface area contributed by atoms with Crippen LogP contribution in [0.1, 0.15) is 45.1 Å². The molecule has 1 aromatic carbocycles. The van der Waals surface area contributed by atoms with Crippen molar-refractivity contribution in [2.45, 2.75) is 70.1 Å². The number of rotatable bonds is 16. The van der Waals surface area contributed by atoms with Gasteiger partial charge in [-0.3, -0.25) is 33.6 Å². The molecule has 1 heterocycles. The van der Waals surface area contributed by atoms with Gasteiger partial charge in [0.05, 0.1) is 13.1 Å². The number of phenols is 1. The van der Waals surface area contributed by atoms with Crippen molar-refractivity contribution in [2.75, 3.05) is 19.6 Å². The summed E-state index contributed by atoms with van der Waals surface area (Å²) in [7, 11) is 0. The standard InChI is InChI=1S/C28H42N8O8/c1-15(2)24(25(31)41)35-26(42)18(9-10-21(30)38)33-23(40)14-32-27(43)20-4-3-11-36(20)28(44)19(34-22(39)13-29)12-16-5-7-17(37)8-6-16/h5-8,15,18-20,24,37H,3-4,9-14,29H2,1-2H3,(H2,30,38)(H2,31,41)(H,32,43)(H,33,40)(H,34,39)(H,35,42)/t18-,19-,20-,24-/m0/s1. The molecule has 0 spiro atoms. The Morgan fingerprint density at radius 3 is 2.16 bits per heavy atom. The summed E-state index contributed by atoms with van der Waals surface area (Å²) >= 11 is 0. The third kappa shape index (κ3) is 10.8.